The Hall–Kier alpha value is -2.86. The van der Waals surface area contributed by atoms with E-state index < -0.39 is 41.5 Å². The summed E-state index contributed by atoms with van der Waals surface area (Å²) in [4.78, 5) is 41.7. The fourth-order valence-corrected chi connectivity index (χ4v) is 1.84. The molecule has 178 valence electrons. The van der Waals surface area contributed by atoms with Crippen molar-refractivity contribution in [2.45, 2.75) is 51.9 Å². The number of methoxy groups -OCH3 is 2. The predicted molar refractivity (Wildman–Crippen MR) is 110 cm³/mol. The molecule has 0 rings (SSSR count). The maximum atomic E-state index is 12.4. The predicted octanol–water partition coefficient (Wildman–Crippen LogP) is 0.528. The number of aliphatic hydroxyl groups is 1. The van der Waals surface area contributed by atoms with Crippen LogP contribution in [0.1, 0.15) is 34.1 Å². The number of oxime groups is 1. The van der Waals surface area contributed by atoms with Crippen LogP contribution < -0.4 is 5.73 Å². The lowest BCUT2D eigenvalue weighted by Gasteiger charge is -2.30. The number of aliphatic hydroxyl groups excluding tert-OH is 1. The molecule has 0 bridgehead atoms. The van der Waals surface area contributed by atoms with Crippen LogP contribution >= 0.6 is 0 Å². The number of hydrogen-bond donors (Lipinski definition) is 2. The number of nitrogens with zero attached hydrogens (tertiary/aromatic N) is 2. The minimum absolute atomic E-state index is 0.00104. The molecule has 12 heteroatoms. The molecule has 0 radical (unpaired) electrons. The second-order valence-electron chi connectivity index (χ2n) is 7.34. The summed E-state index contributed by atoms with van der Waals surface area (Å²) < 4.78 is 19.7. The van der Waals surface area contributed by atoms with Gasteiger partial charge in [-0.25, -0.2) is 14.4 Å². The first-order valence-electron chi connectivity index (χ1n) is 9.46. The Kier molecular flexibility index (Phi) is 12.2. The van der Waals surface area contributed by atoms with Gasteiger partial charge in [0.2, 0.25) is 5.76 Å². The zero-order valence-electron chi connectivity index (χ0n) is 19.0. The Bertz CT molecular complexity index is 671. The molecule has 0 aliphatic carbocycles. The number of hydrogen-bond acceptors (Lipinski definition) is 10. The van der Waals surface area contributed by atoms with E-state index in [-0.39, 0.29) is 19.0 Å². The highest BCUT2D eigenvalue weighted by Crippen LogP contribution is 2.12. The van der Waals surface area contributed by atoms with Gasteiger partial charge in [0, 0.05) is 7.05 Å². The molecule has 0 aromatic carbocycles. The van der Waals surface area contributed by atoms with Gasteiger partial charge >= 0.3 is 18.0 Å². The molecule has 0 heterocycles. The van der Waals surface area contributed by atoms with Gasteiger partial charge in [-0.1, -0.05) is 12.1 Å². The van der Waals surface area contributed by atoms with Crippen LogP contribution in [0, 0.1) is 0 Å². The van der Waals surface area contributed by atoms with Crippen molar-refractivity contribution in [2.75, 3.05) is 34.5 Å². The molecule has 0 spiro atoms. The van der Waals surface area contributed by atoms with E-state index in [9.17, 15) is 19.5 Å². The SMILES string of the molecule is CC[C@@H](O)COCC(C(N)=NOC(=CC(=O)OC)C(=O)OC)N(C)C(=O)OC(C)(C)C. The maximum Gasteiger partial charge on any atom is 0.410 e. The summed E-state index contributed by atoms with van der Waals surface area (Å²) in [5, 5.41) is 13.3. The number of rotatable bonds is 11. The molecule has 0 aliphatic heterocycles. The normalized spacial score (nSPS) is 14.3. The number of ether oxygens (including phenoxy) is 4. The maximum absolute atomic E-state index is 12.4. The number of likely N-dealkylation sites (N-methyl/N-ethyl adjacent to an activating group) is 1. The quantitative estimate of drug-likeness (QED) is 0.0869. The average Bonchev–Trinajstić information content (AvgIpc) is 2.70. The molecule has 0 aromatic heterocycles. The van der Waals surface area contributed by atoms with E-state index in [2.05, 4.69) is 14.6 Å². The summed E-state index contributed by atoms with van der Waals surface area (Å²) in [6.45, 7) is 6.72. The Morgan fingerprint density at radius 3 is 2.26 bits per heavy atom. The lowest BCUT2D eigenvalue weighted by molar-refractivity contribution is -0.142. The molecule has 1 unspecified atom stereocenters. The fraction of sp³-hybridized carbons (Fsp3) is 0.684. The Balaban J connectivity index is 5.64. The fourth-order valence-electron chi connectivity index (χ4n) is 1.84. The number of carbonyl (C=O) groups is 3. The van der Waals surface area contributed by atoms with E-state index in [1.807, 2.05) is 0 Å². The molecular formula is C19H33N3O9. The van der Waals surface area contributed by atoms with Gasteiger partial charge in [0.25, 0.3) is 0 Å². The van der Waals surface area contributed by atoms with Crippen molar-refractivity contribution in [1.82, 2.24) is 4.90 Å². The Morgan fingerprint density at radius 1 is 1.16 bits per heavy atom. The van der Waals surface area contributed by atoms with E-state index in [4.69, 9.17) is 20.0 Å². The summed E-state index contributed by atoms with van der Waals surface area (Å²) in [5.41, 5.74) is 5.20. The zero-order chi connectivity index (χ0) is 24.2. The molecule has 0 fully saturated rings. The van der Waals surface area contributed by atoms with Crippen molar-refractivity contribution in [3.8, 4) is 0 Å². The monoisotopic (exact) mass is 447 g/mol. The number of carbonyl (C=O) groups excluding carboxylic acids is 3. The third-order valence-corrected chi connectivity index (χ3v) is 3.63. The number of esters is 2. The third-order valence-electron chi connectivity index (χ3n) is 3.63. The highest BCUT2D eigenvalue weighted by atomic mass is 16.7. The smallest absolute Gasteiger partial charge is 0.410 e. The van der Waals surface area contributed by atoms with Gasteiger partial charge < -0.3 is 34.6 Å². The Labute approximate surface area is 181 Å². The minimum Gasteiger partial charge on any atom is -0.466 e. The van der Waals surface area contributed by atoms with E-state index in [0.29, 0.717) is 6.42 Å². The van der Waals surface area contributed by atoms with Crippen molar-refractivity contribution in [3.05, 3.63) is 11.8 Å². The minimum atomic E-state index is -0.999. The molecule has 0 aliphatic rings. The van der Waals surface area contributed by atoms with Crippen LogP contribution in [0.25, 0.3) is 0 Å². The van der Waals surface area contributed by atoms with Crippen molar-refractivity contribution < 1.29 is 43.3 Å². The molecule has 3 N–H and O–H groups in total. The van der Waals surface area contributed by atoms with Gasteiger partial charge in [0.1, 0.15) is 11.6 Å². The van der Waals surface area contributed by atoms with Crippen LogP contribution in [0.3, 0.4) is 0 Å². The Morgan fingerprint density at radius 2 is 1.77 bits per heavy atom. The van der Waals surface area contributed by atoms with Gasteiger partial charge in [-0.2, -0.15) is 0 Å². The molecule has 0 saturated carbocycles. The van der Waals surface area contributed by atoms with Crippen LogP contribution in [0.15, 0.2) is 17.0 Å². The first-order valence-corrected chi connectivity index (χ1v) is 9.46. The van der Waals surface area contributed by atoms with Crippen molar-refractivity contribution in [3.63, 3.8) is 0 Å². The van der Waals surface area contributed by atoms with Gasteiger partial charge in [-0.15, -0.1) is 0 Å². The zero-order valence-corrected chi connectivity index (χ0v) is 19.0. The highest BCUT2D eigenvalue weighted by molar-refractivity contribution is 5.95. The third kappa shape index (κ3) is 11.2. The summed E-state index contributed by atoms with van der Waals surface area (Å²) in [5.74, 6) is -2.73. The second-order valence-corrected chi connectivity index (χ2v) is 7.34. The van der Waals surface area contributed by atoms with Crippen molar-refractivity contribution in [1.29, 1.82) is 0 Å². The average molecular weight is 447 g/mol. The van der Waals surface area contributed by atoms with Crippen LogP contribution in [-0.2, 0) is 33.4 Å². The summed E-state index contributed by atoms with van der Waals surface area (Å²) >= 11 is 0. The molecule has 2 atom stereocenters. The largest absolute Gasteiger partial charge is 0.466 e. The first kappa shape index (κ1) is 28.1. The van der Waals surface area contributed by atoms with Gasteiger partial charge in [-0.3, -0.25) is 4.90 Å². The van der Waals surface area contributed by atoms with E-state index in [1.165, 1.54) is 7.05 Å². The standard InChI is InChI=1S/C19H33N3O9/c1-8-12(23)10-29-11-13(22(5)18(26)30-19(2,3)4)16(20)21-31-14(17(25)28-7)9-15(24)27-6/h9,12-13,23H,8,10-11H2,1-7H3,(H2,20,21)/t12-,13?/m1/s1. The molecule has 1 amide bonds. The molecule has 31 heavy (non-hydrogen) atoms. The number of amides is 1. The van der Waals surface area contributed by atoms with Crippen LogP contribution in [0.2, 0.25) is 0 Å². The lowest BCUT2D eigenvalue weighted by Crippen LogP contribution is -2.50. The van der Waals surface area contributed by atoms with Crippen LogP contribution in [0.5, 0.6) is 0 Å². The van der Waals surface area contributed by atoms with Gasteiger partial charge in [0.15, 0.2) is 5.84 Å². The lowest BCUT2D eigenvalue weighted by atomic mass is 10.2. The molecule has 0 aromatic rings. The van der Waals surface area contributed by atoms with E-state index in [1.54, 1.807) is 27.7 Å². The molecule has 0 saturated heterocycles. The van der Waals surface area contributed by atoms with Crippen molar-refractivity contribution in [2.24, 2.45) is 10.9 Å². The van der Waals surface area contributed by atoms with E-state index >= 15 is 0 Å². The number of amidine groups is 1. The van der Waals surface area contributed by atoms with Gasteiger partial charge in [0.05, 0.1) is 39.6 Å². The van der Waals surface area contributed by atoms with Crippen LogP contribution in [0.4, 0.5) is 4.79 Å². The summed E-state index contributed by atoms with van der Waals surface area (Å²) in [7, 11) is 3.60. The van der Waals surface area contributed by atoms with Crippen molar-refractivity contribution >= 4 is 23.9 Å². The molecule has 12 nitrogen and oxygen atoms in total. The highest BCUT2D eigenvalue weighted by Gasteiger charge is 2.29. The summed E-state index contributed by atoms with van der Waals surface area (Å²) in [6.07, 6.45) is -0.215. The topological polar surface area (TPSA) is 159 Å². The molecular weight excluding hydrogens is 414 g/mol. The van der Waals surface area contributed by atoms with Crippen LogP contribution in [-0.4, -0.2) is 86.1 Å². The van der Waals surface area contributed by atoms with E-state index in [0.717, 1.165) is 25.2 Å². The number of nitrogens with two attached hydrogens (primary N) is 1. The first-order chi connectivity index (χ1) is 14.4. The van der Waals surface area contributed by atoms with Gasteiger partial charge in [-0.05, 0) is 27.2 Å². The second kappa shape index (κ2) is 13.4. The summed E-state index contributed by atoms with van der Waals surface area (Å²) in [6, 6.07) is -0.976.